The lowest BCUT2D eigenvalue weighted by molar-refractivity contribution is -0.114. The summed E-state index contributed by atoms with van der Waals surface area (Å²) in [5.41, 5.74) is 1.22. The molecule has 1 unspecified atom stereocenters. The number of carbonyl (C=O) groups is 1. The molecule has 2 aromatic carbocycles. The highest BCUT2D eigenvalue weighted by Gasteiger charge is 2.22. The van der Waals surface area contributed by atoms with E-state index in [0.29, 0.717) is 27.3 Å². The summed E-state index contributed by atoms with van der Waals surface area (Å²) in [6.45, 7) is 1.40. The first-order valence-electron chi connectivity index (χ1n) is 7.92. The number of halogens is 1. The van der Waals surface area contributed by atoms with Crippen LogP contribution < -0.4 is 16.7 Å². The van der Waals surface area contributed by atoms with Gasteiger partial charge in [-0.05, 0) is 35.9 Å². The number of aliphatic hydroxyl groups is 1. The summed E-state index contributed by atoms with van der Waals surface area (Å²) in [5.74, 6) is 5.22. The average Bonchev–Trinajstić information content (AvgIpc) is 2.62. The van der Waals surface area contributed by atoms with Crippen molar-refractivity contribution in [2.45, 2.75) is 13.0 Å². The van der Waals surface area contributed by atoms with E-state index < -0.39 is 11.7 Å². The number of nitrogens with two attached hydrogens (primary N) is 1. The zero-order valence-electron chi connectivity index (χ0n) is 14.2. The van der Waals surface area contributed by atoms with Gasteiger partial charge in [0.25, 0.3) is 5.56 Å². The zero-order chi connectivity index (χ0) is 19.6. The Morgan fingerprint density at radius 2 is 2.00 bits per heavy atom. The van der Waals surface area contributed by atoms with E-state index in [-0.39, 0.29) is 17.3 Å². The Hall–Kier alpha value is -3.23. The van der Waals surface area contributed by atoms with Gasteiger partial charge in [0, 0.05) is 17.6 Å². The molecule has 3 rings (SSSR count). The number of aliphatic hydroxyl groups excluding tert-OH is 1. The number of aromatic amines is 1. The van der Waals surface area contributed by atoms with Crippen LogP contribution in [0.4, 0.5) is 5.69 Å². The first-order valence-corrected chi connectivity index (χ1v) is 8.30. The first-order chi connectivity index (χ1) is 12.9. The van der Waals surface area contributed by atoms with Crippen LogP contribution in [0.2, 0.25) is 5.02 Å². The third-order valence-electron chi connectivity index (χ3n) is 3.84. The zero-order valence-corrected chi connectivity index (χ0v) is 15.0. The van der Waals surface area contributed by atoms with Crippen LogP contribution in [0.1, 0.15) is 24.3 Å². The Labute approximate surface area is 158 Å². The minimum absolute atomic E-state index is 0.0830. The maximum Gasteiger partial charge on any atom is 0.276 e. The van der Waals surface area contributed by atoms with Crippen molar-refractivity contribution >= 4 is 39.9 Å². The van der Waals surface area contributed by atoms with Crippen molar-refractivity contribution in [2.75, 3.05) is 5.32 Å². The van der Waals surface area contributed by atoms with Gasteiger partial charge in [-0.2, -0.15) is 5.10 Å². The van der Waals surface area contributed by atoms with Crippen LogP contribution in [0.5, 0.6) is 0 Å². The number of fused-ring (bicyclic) bond motifs is 1. The summed E-state index contributed by atoms with van der Waals surface area (Å²) in [7, 11) is 0. The van der Waals surface area contributed by atoms with Crippen LogP contribution in [0.3, 0.4) is 0 Å². The van der Waals surface area contributed by atoms with E-state index >= 15 is 0 Å². The van der Waals surface area contributed by atoms with Gasteiger partial charge in [0.15, 0.2) is 5.69 Å². The van der Waals surface area contributed by atoms with Gasteiger partial charge in [0.1, 0.15) is 11.8 Å². The van der Waals surface area contributed by atoms with Gasteiger partial charge in [0.2, 0.25) is 5.91 Å². The minimum atomic E-state index is -1.28. The van der Waals surface area contributed by atoms with Crippen LogP contribution in [0, 0.1) is 0 Å². The van der Waals surface area contributed by atoms with Gasteiger partial charge in [-0.3, -0.25) is 9.59 Å². The number of aromatic nitrogens is 2. The molecule has 0 aliphatic carbocycles. The van der Waals surface area contributed by atoms with E-state index in [2.05, 4.69) is 20.4 Å². The molecule has 0 bridgehead atoms. The molecule has 0 radical (unpaired) electrons. The smallest absolute Gasteiger partial charge is 0.276 e. The second-order valence-electron chi connectivity index (χ2n) is 5.80. The van der Waals surface area contributed by atoms with Crippen LogP contribution in [0.25, 0.3) is 11.0 Å². The summed E-state index contributed by atoms with van der Waals surface area (Å²) in [6.07, 6.45) is -1.28. The lowest BCUT2D eigenvalue weighted by atomic mass is 10.0. The number of hydrazone groups is 1. The highest BCUT2D eigenvalue weighted by Crippen LogP contribution is 2.21. The monoisotopic (exact) mass is 385 g/mol. The SMILES string of the molecule is CC(=O)Nc1ccc(C(O)/C(=N\N)c2nc3ccc(Cl)cc3[nH]c2=O)cc1. The molecule has 0 saturated carbocycles. The molecule has 8 nitrogen and oxygen atoms in total. The quantitative estimate of drug-likeness (QED) is 0.309. The highest BCUT2D eigenvalue weighted by molar-refractivity contribution is 6.31. The Morgan fingerprint density at radius 1 is 1.30 bits per heavy atom. The first kappa shape index (κ1) is 18.6. The van der Waals surface area contributed by atoms with Crippen molar-refractivity contribution in [3.63, 3.8) is 0 Å². The maximum atomic E-state index is 12.4. The van der Waals surface area contributed by atoms with Gasteiger partial charge in [-0.25, -0.2) is 4.98 Å². The van der Waals surface area contributed by atoms with Crippen molar-refractivity contribution in [1.82, 2.24) is 9.97 Å². The number of carbonyl (C=O) groups excluding carboxylic acids is 1. The van der Waals surface area contributed by atoms with Crippen molar-refractivity contribution < 1.29 is 9.90 Å². The fourth-order valence-corrected chi connectivity index (χ4v) is 2.78. The second kappa shape index (κ2) is 7.56. The molecular formula is C18H16ClN5O3. The number of hydrogen-bond acceptors (Lipinski definition) is 6. The number of nitrogens with zero attached hydrogens (tertiary/aromatic N) is 2. The molecule has 1 amide bonds. The molecule has 0 saturated heterocycles. The Balaban J connectivity index is 1.98. The third kappa shape index (κ3) is 3.97. The highest BCUT2D eigenvalue weighted by atomic mass is 35.5. The number of anilines is 1. The molecule has 3 aromatic rings. The van der Waals surface area contributed by atoms with Crippen molar-refractivity contribution in [2.24, 2.45) is 10.9 Å². The molecule has 9 heteroatoms. The normalized spacial score (nSPS) is 12.8. The van der Waals surface area contributed by atoms with E-state index in [1.807, 2.05) is 0 Å². The Bertz CT molecular complexity index is 1090. The molecule has 1 heterocycles. The summed E-state index contributed by atoms with van der Waals surface area (Å²) in [6, 6.07) is 11.3. The van der Waals surface area contributed by atoms with Crippen molar-refractivity contribution in [1.29, 1.82) is 0 Å². The van der Waals surface area contributed by atoms with Crippen molar-refractivity contribution in [3.05, 3.63) is 69.1 Å². The number of rotatable bonds is 4. The molecule has 27 heavy (non-hydrogen) atoms. The summed E-state index contributed by atoms with van der Waals surface area (Å²) >= 11 is 5.92. The molecule has 0 spiro atoms. The van der Waals surface area contributed by atoms with E-state index in [4.69, 9.17) is 17.4 Å². The number of hydrogen-bond donors (Lipinski definition) is 4. The number of amides is 1. The van der Waals surface area contributed by atoms with Crippen LogP contribution in [-0.2, 0) is 4.79 Å². The Kier molecular flexibility index (Phi) is 5.20. The van der Waals surface area contributed by atoms with Gasteiger partial charge in [0.05, 0.1) is 11.0 Å². The lowest BCUT2D eigenvalue weighted by Gasteiger charge is -2.14. The molecule has 1 aromatic heterocycles. The third-order valence-corrected chi connectivity index (χ3v) is 4.08. The predicted molar refractivity (Wildman–Crippen MR) is 104 cm³/mol. The Morgan fingerprint density at radius 3 is 2.63 bits per heavy atom. The molecule has 0 aliphatic rings. The van der Waals surface area contributed by atoms with E-state index in [1.54, 1.807) is 42.5 Å². The fraction of sp³-hybridized carbons (Fsp3) is 0.111. The van der Waals surface area contributed by atoms with E-state index in [0.717, 1.165) is 0 Å². The number of benzene rings is 2. The minimum Gasteiger partial charge on any atom is -0.382 e. The lowest BCUT2D eigenvalue weighted by Crippen LogP contribution is -2.26. The molecule has 1 atom stereocenters. The van der Waals surface area contributed by atoms with Gasteiger partial charge < -0.3 is 21.2 Å². The number of nitrogens with one attached hydrogen (secondary N) is 2. The fourth-order valence-electron chi connectivity index (χ4n) is 2.60. The molecule has 138 valence electrons. The standard InChI is InChI=1S/C18H16ClN5O3/c1-9(25)21-12-5-2-10(3-6-12)17(26)15(24-20)16-18(27)23-14-8-11(19)4-7-13(14)22-16/h2-8,17,26H,20H2,1H3,(H,21,25)(H,23,27)/b24-15-. The van der Waals surface area contributed by atoms with Crippen LogP contribution in [-0.4, -0.2) is 26.7 Å². The predicted octanol–water partition coefficient (Wildman–Crippen LogP) is 1.93. The van der Waals surface area contributed by atoms with Crippen molar-refractivity contribution in [3.8, 4) is 0 Å². The van der Waals surface area contributed by atoms with E-state index in [1.165, 1.54) is 6.92 Å². The van der Waals surface area contributed by atoms with E-state index in [9.17, 15) is 14.7 Å². The largest absolute Gasteiger partial charge is 0.382 e. The molecule has 0 aliphatic heterocycles. The summed E-state index contributed by atoms with van der Waals surface area (Å²) in [4.78, 5) is 30.4. The van der Waals surface area contributed by atoms with Gasteiger partial charge in [-0.1, -0.05) is 23.7 Å². The topological polar surface area (TPSA) is 133 Å². The van der Waals surface area contributed by atoms with Crippen LogP contribution >= 0.6 is 11.6 Å². The summed E-state index contributed by atoms with van der Waals surface area (Å²) in [5, 5.41) is 17.3. The maximum absolute atomic E-state index is 12.4. The second-order valence-corrected chi connectivity index (χ2v) is 6.23. The molecule has 0 fully saturated rings. The summed E-state index contributed by atoms with van der Waals surface area (Å²) < 4.78 is 0. The van der Waals surface area contributed by atoms with Gasteiger partial charge >= 0.3 is 0 Å². The van der Waals surface area contributed by atoms with Crippen LogP contribution in [0.15, 0.2) is 52.4 Å². The average molecular weight is 386 g/mol. The molecular weight excluding hydrogens is 370 g/mol. The number of H-pyrrole nitrogens is 1. The molecule has 5 N–H and O–H groups in total. The van der Waals surface area contributed by atoms with Gasteiger partial charge in [-0.15, -0.1) is 0 Å².